The van der Waals surface area contributed by atoms with Gasteiger partial charge in [-0.15, -0.1) is 0 Å². The molecule has 2 aromatic heterocycles. The number of hydrogen-bond donors (Lipinski definition) is 0. The summed E-state index contributed by atoms with van der Waals surface area (Å²) in [6.45, 7) is 6.01. The summed E-state index contributed by atoms with van der Waals surface area (Å²) in [4.78, 5) is 9.25. The summed E-state index contributed by atoms with van der Waals surface area (Å²) in [6.07, 6.45) is 21.7. The first-order chi connectivity index (χ1) is 20.7. The van der Waals surface area contributed by atoms with E-state index in [4.69, 9.17) is 9.47 Å². The minimum absolute atomic E-state index is 0.782. The van der Waals surface area contributed by atoms with Crippen molar-refractivity contribution in [2.45, 2.75) is 65.2 Å². The molecule has 0 aliphatic rings. The lowest BCUT2D eigenvalue weighted by Gasteiger charge is -2.06. The average molecular weight is 561 g/mol. The number of aromatic nitrogens is 2. The molecule has 0 atom stereocenters. The van der Waals surface area contributed by atoms with Crippen molar-refractivity contribution in [2.75, 3.05) is 13.2 Å². The van der Waals surface area contributed by atoms with Crippen LogP contribution in [0.2, 0.25) is 0 Å². The summed E-state index contributed by atoms with van der Waals surface area (Å²) in [5, 5.41) is 0. The van der Waals surface area contributed by atoms with Crippen LogP contribution in [0.1, 0.15) is 87.7 Å². The molecule has 0 unspecified atom stereocenters. The van der Waals surface area contributed by atoms with E-state index in [1.165, 1.54) is 38.5 Å². The van der Waals surface area contributed by atoms with E-state index in [0.29, 0.717) is 0 Å². The minimum Gasteiger partial charge on any atom is -0.494 e. The summed E-state index contributed by atoms with van der Waals surface area (Å²) in [5.41, 5.74) is 6.15. The molecule has 2 aromatic carbocycles. The highest BCUT2D eigenvalue weighted by molar-refractivity contribution is 5.71. The van der Waals surface area contributed by atoms with Gasteiger partial charge in [-0.1, -0.05) is 101 Å². The van der Waals surface area contributed by atoms with Crippen molar-refractivity contribution in [3.63, 3.8) is 0 Å². The van der Waals surface area contributed by atoms with Crippen molar-refractivity contribution in [3.05, 3.63) is 108 Å². The summed E-state index contributed by atoms with van der Waals surface area (Å²) in [5.74, 6) is 1.85. The Morgan fingerprint density at radius 2 is 0.905 bits per heavy atom. The maximum absolute atomic E-state index is 5.84. The molecule has 0 N–H and O–H groups in total. The topological polar surface area (TPSA) is 44.2 Å². The normalized spacial score (nSPS) is 11.4. The fourth-order valence-corrected chi connectivity index (χ4v) is 4.50. The van der Waals surface area contributed by atoms with Gasteiger partial charge in [-0.2, -0.15) is 0 Å². The minimum atomic E-state index is 0.782. The molecule has 0 amide bonds. The van der Waals surface area contributed by atoms with Crippen LogP contribution in [0.25, 0.3) is 35.4 Å². The van der Waals surface area contributed by atoms with E-state index in [2.05, 4.69) is 72.4 Å². The summed E-state index contributed by atoms with van der Waals surface area (Å²) in [7, 11) is 0. The lowest BCUT2D eigenvalue weighted by Crippen LogP contribution is -1.96. The van der Waals surface area contributed by atoms with Gasteiger partial charge in [0.2, 0.25) is 0 Å². The molecule has 4 nitrogen and oxygen atoms in total. The van der Waals surface area contributed by atoms with Gasteiger partial charge in [-0.25, -0.2) is 0 Å². The number of pyridine rings is 2. The molecule has 4 aromatic rings. The smallest absolute Gasteiger partial charge is 0.119 e. The van der Waals surface area contributed by atoms with E-state index in [1.54, 1.807) is 0 Å². The van der Waals surface area contributed by atoms with Crippen molar-refractivity contribution < 1.29 is 9.47 Å². The second-order valence-electron chi connectivity index (χ2n) is 10.6. The van der Waals surface area contributed by atoms with E-state index in [1.807, 2.05) is 60.9 Å². The maximum atomic E-state index is 5.84. The second-order valence-corrected chi connectivity index (χ2v) is 10.6. The molecule has 0 radical (unpaired) electrons. The SMILES string of the molecule is CCCCCCOc1ccc(/C=C/c2ccc(-c3ccc(/C=C/c4ccc(OCCCCCC)cc4)nc3)cn2)cc1. The third-order valence-corrected chi connectivity index (χ3v) is 7.09. The fraction of sp³-hybridized carbons (Fsp3) is 0.316. The summed E-state index contributed by atoms with van der Waals surface area (Å²) in [6, 6.07) is 24.7. The molecule has 218 valence electrons. The fourth-order valence-electron chi connectivity index (χ4n) is 4.50. The first-order valence-electron chi connectivity index (χ1n) is 15.5. The summed E-state index contributed by atoms with van der Waals surface area (Å²) < 4.78 is 11.7. The van der Waals surface area contributed by atoms with Gasteiger partial charge in [0.1, 0.15) is 11.5 Å². The first-order valence-corrected chi connectivity index (χ1v) is 15.5. The van der Waals surface area contributed by atoms with E-state index in [0.717, 1.165) is 71.2 Å². The maximum Gasteiger partial charge on any atom is 0.119 e. The Balaban J connectivity index is 1.24. The third kappa shape index (κ3) is 10.7. The molecule has 0 saturated heterocycles. The van der Waals surface area contributed by atoms with Gasteiger partial charge >= 0.3 is 0 Å². The van der Waals surface area contributed by atoms with Crippen LogP contribution in [-0.2, 0) is 0 Å². The first kappa shape index (κ1) is 30.8. The Morgan fingerprint density at radius 1 is 0.476 bits per heavy atom. The zero-order valence-corrected chi connectivity index (χ0v) is 25.2. The predicted octanol–water partition coefficient (Wildman–Crippen LogP) is 10.4. The molecule has 0 spiro atoms. The summed E-state index contributed by atoms with van der Waals surface area (Å²) >= 11 is 0. The van der Waals surface area contributed by atoms with E-state index < -0.39 is 0 Å². The zero-order valence-electron chi connectivity index (χ0n) is 25.2. The van der Waals surface area contributed by atoms with Crippen molar-refractivity contribution in [1.29, 1.82) is 0 Å². The van der Waals surface area contributed by atoms with E-state index in [9.17, 15) is 0 Å². The van der Waals surface area contributed by atoms with Crippen LogP contribution >= 0.6 is 0 Å². The number of unbranched alkanes of at least 4 members (excludes halogenated alkanes) is 6. The molecule has 4 rings (SSSR count). The van der Waals surface area contributed by atoms with E-state index in [-0.39, 0.29) is 0 Å². The Kier molecular flexibility index (Phi) is 12.9. The van der Waals surface area contributed by atoms with Gasteiger partial charge in [-0.3, -0.25) is 9.97 Å². The van der Waals surface area contributed by atoms with Crippen molar-refractivity contribution >= 4 is 24.3 Å². The second kappa shape index (κ2) is 17.6. The van der Waals surface area contributed by atoms with Crippen LogP contribution in [0, 0.1) is 0 Å². The number of ether oxygens (including phenoxy) is 2. The molecule has 0 bridgehead atoms. The number of nitrogens with zero attached hydrogens (tertiary/aromatic N) is 2. The van der Waals surface area contributed by atoms with Gasteiger partial charge in [0.15, 0.2) is 0 Å². The quantitative estimate of drug-likeness (QED) is 0.121. The standard InChI is InChI=1S/C38H44N2O2/c1-3-5-7-9-27-41-37-23-13-31(14-24-37)11-19-35-21-17-33(29-39-35)34-18-22-36(40-30-34)20-12-32-15-25-38(26-16-32)42-28-10-8-6-4-2/h11-26,29-30H,3-10,27-28H2,1-2H3/b19-11+,20-12+. The molecule has 4 heteroatoms. The third-order valence-electron chi connectivity index (χ3n) is 7.09. The Bertz CT molecular complexity index is 1250. The Labute approximate surface area is 252 Å². The van der Waals surface area contributed by atoms with Crippen molar-refractivity contribution in [3.8, 4) is 22.6 Å². The lowest BCUT2D eigenvalue weighted by molar-refractivity contribution is 0.305. The molecule has 42 heavy (non-hydrogen) atoms. The van der Waals surface area contributed by atoms with Crippen LogP contribution in [0.5, 0.6) is 11.5 Å². The number of benzene rings is 2. The van der Waals surface area contributed by atoms with Gasteiger partial charge in [0.05, 0.1) is 24.6 Å². The van der Waals surface area contributed by atoms with Gasteiger partial charge in [0.25, 0.3) is 0 Å². The highest BCUT2D eigenvalue weighted by atomic mass is 16.5. The van der Waals surface area contributed by atoms with Crippen LogP contribution < -0.4 is 9.47 Å². The van der Waals surface area contributed by atoms with Crippen LogP contribution in [0.15, 0.2) is 85.2 Å². The van der Waals surface area contributed by atoms with Crippen LogP contribution in [-0.4, -0.2) is 23.2 Å². The van der Waals surface area contributed by atoms with Gasteiger partial charge in [0, 0.05) is 23.5 Å². The molecular formula is C38H44N2O2. The van der Waals surface area contributed by atoms with Gasteiger partial charge in [-0.05, 0) is 72.5 Å². The van der Waals surface area contributed by atoms with Crippen molar-refractivity contribution in [1.82, 2.24) is 9.97 Å². The Morgan fingerprint density at radius 3 is 1.26 bits per heavy atom. The molecule has 0 aliphatic heterocycles. The lowest BCUT2D eigenvalue weighted by atomic mass is 10.1. The molecule has 2 heterocycles. The number of rotatable bonds is 17. The molecule has 0 fully saturated rings. The molecule has 0 aliphatic carbocycles. The van der Waals surface area contributed by atoms with Gasteiger partial charge < -0.3 is 9.47 Å². The highest BCUT2D eigenvalue weighted by Gasteiger charge is 2.01. The number of hydrogen-bond acceptors (Lipinski definition) is 4. The highest BCUT2D eigenvalue weighted by Crippen LogP contribution is 2.20. The Hall–Kier alpha value is -4.18. The van der Waals surface area contributed by atoms with Crippen LogP contribution in [0.3, 0.4) is 0 Å². The predicted molar refractivity (Wildman–Crippen MR) is 177 cm³/mol. The molecular weight excluding hydrogens is 516 g/mol. The largest absolute Gasteiger partial charge is 0.494 e. The molecule has 0 saturated carbocycles. The zero-order chi connectivity index (χ0) is 29.2. The monoisotopic (exact) mass is 560 g/mol. The average Bonchev–Trinajstić information content (AvgIpc) is 3.04. The van der Waals surface area contributed by atoms with Crippen LogP contribution in [0.4, 0.5) is 0 Å². The van der Waals surface area contributed by atoms with Crippen molar-refractivity contribution in [2.24, 2.45) is 0 Å². The van der Waals surface area contributed by atoms with E-state index >= 15 is 0 Å².